The summed E-state index contributed by atoms with van der Waals surface area (Å²) >= 11 is 1.25. The average molecular weight is 369 g/mol. The minimum atomic E-state index is -1.01. The number of halogens is 2. The van der Waals surface area contributed by atoms with E-state index in [9.17, 15) is 13.6 Å². The molecule has 0 radical (unpaired) electrons. The van der Waals surface area contributed by atoms with Gasteiger partial charge in [-0.05, 0) is 19.1 Å². The largest absolute Gasteiger partial charge is 0.321 e. The number of thiazole rings is 1. The lowest BCUT2D eigenvalue weighted by atomic mass is 10.2. The molecule has 2 aromatic heterocycles. The zero-order chi connectivity index (χ0) is 18.3. The van der Waals surface area contributed by atoms with Crippen LogP contribution in [0.5, 0.6) is 0 Å². The number of carbonyl (C=O) groups excluding carboxylic acids is 1. The van der Waals surface area contributed by atoms with Crippen molar-refractivity contribution in [1.82, 2.24) is 9.38 Å². The van der Waals surface area contributed by atoms with Gasteiger partial charge in [-0.3, -0.25) is 9.20 Å². The minimum Gasteiger partial charge on any atom is -0.321 e. The number of amides is 1. The topological polar surface area (TPSA) is 46.4 Å². The standard InChI is InChI=1S/C19H13F2N3OS/c1-11-17(18(25)22-13-7-8-14(20)15(21)9-13)26-19-23-16(10-24(11)19)12-5-3-2-4-6-12/h2-10H,1H3,(H,22,25). The van der Waals surface area contributed by atoms with E-state index >= 15 is 0 Å². The highest BCUT2D eigenvalue weighted by molar-refractivity contribution is 7.19. The molecule has 2 aromatic carbocycles. The molecule has 4 nitrogen and oxygen atoms in total. The van der Waals surface area contributed by atoms with Gasteiger partial charge in [0.2, 0.25) is 0 Å². The van der Waals surface area contributed by atoms with Crippen LogP contribution in [0.1, 0.15) is 15.4 Å². The van der Waals surface area contributed by atoms with Gasteiger partial charge in [-0.25, -0.2) is 13.8 Å². The molecule has 0 unspecified atom stereocenters. The number of hydrogen-bond acceptors (Lipinski definition) is 3. The van der Waals surface area contributed by atoms with Gasteiger partial charge >= 0.3 is 0 Å². The minimum absolute atomic E-state index is 0.198. The van der Waals surface area contributed by atoms with Crippen LogP contribution in [-0.4, -0.2) is 15.3 Å². The molecule has 130 valence electrons. The third kappa shape index (κ3) is 2.86. The van der Waals surface area contributed by atoms with Crippen LogP contribution in [0.3, 0.4) is 0 Å². The number of benzene rings is 2. The first-order valence-corrected chi connectivity index (χ1v) is 8.65. The Morgan fingerprint density at radius 2 is 1.88 bits per heavy atom. The van der Waals surface area contributed by atoms with E-state index in [4.69, 9.17) is 0 Å². The van der Waals surface area contributed by atoms with Crippen LogP contribution in [-0.2, 0) is 0 Å². The van der Waals surface area contributed by atoms with Crippen molar-refractivity contribution in [2.75, 3.05) is 5.32 Å². The molecule has 1 N–H and O–H groups in total. The van der Waals surface area contributed by atoms with Crippen LogP contribution in [0.25, 0.3) is 16.2 Å². The number of anilines is 1. The number of nitrogens with zero attached hydrogens (tertiary/aromatic N) is 2. The monoisotopic (exact) mass is 369 g/mol. The number of aromatic nitrogens is 2. The van der Waals surface area contributed by atoms with Crippen LogP contribution < -0.4 is 5.32 Å². The smallest absolute Gasteiger partial charge is 0.267 e. The molecule has 7 heteroatoms. The van der Waals surface area contributed by atoms with E-state index in [0.29, 0.717) is 9.84 Å². The van der Waals surface area contributed by atoms with Crippen molar-refractivity contribution in [1.29, 1.82) is 0 Å². The molecule has 0 aliphatic carbocycles. The van der Waals surface area contributed by atoms with E-state index in [2.05, 4.69) is 10.3 Å². The molecule has 4 rings (SSSR count). The molecule has 26 heavy (non-hydrogen) atoms. The molecule has 0 bridgehead atoms. The third-order valence-corrected chi connectivity index (χ3v) is 5.17. The maximum atomic E-state index is 13.3. The molecular formula is C19H13F2N3OS. The first kappa shape index (κ1) is 16.4. The number of rotatable bonds is 3. The predicted octanol–water partition coefficient (Wildman–Crippen LogP) is 4.90. The number of fused-ring (bicyclic) bond motifs is 1. The van der Waals surface area contributed by atoms with E-state index in [1.54, 1.807) is 0 Å². The van der Waals surface area contributed by atoms with Crippen molar-refractivity contribution >= 4 is 27.9 Å². The summed E-state index contributed by atoms with van der Waals surface area (Å²) in [6.45, 7) is 1.82. The SMILES string of the molecule is Cc1c(C(=O)Nc2ccc(F)c(F)c2)sc2nc(-c3ccccc3)cn12. The summed E-state index contributed by atoms with van der Waals surface area (Å²) in [6.07, 6.45) is 1.88. The Hall–Kier alpha value is -3.06. The van der Waals surface area contributed by atoms with Crippen molar-refractivity contribution in [3.05, 3.63) is 76.9 Å². The Labute approximate surface area is 151 Å². The maximum Gasteiger partial charge on any atom is 0.267 e. The number of imidazole rings is 1. The molecule has 0 aliphatic heterocycles. The van der Waals surface area contributed by atoms with E-state index in [1.165, 1.54) is 17.4 Å². The first-order chi connectivity index (χ1) is 12.5. The summed E-state index contributed by atoms with van der Waals surface area (Å²) in [5, 5.41) is 2.59. The van der Waals surface area contributed by atoms with Crippen molar-refractivity contribution in [3.8, 4) is 11.3 Å². The molecule has 0 saturated heterocycles. The Morgan fingerprint density at radius 3 is 2.58 bits per heavy atom. The summed E-state index contributed by atoms with van der Waals surface area (Å²) in [6, 6.07) is 13.0. The lowest BCUT2D eigenvalue weighted by Gasteiger charge is -2.05. The Bertz CT molecular complexity index is 1120. The van der Waals surface area contributed by atoms with Crippen LogP contribution in [0.4, 0.5) is 14.5 Å². The highest BCUT2D eigenvalue weighted by Crippen LogP contribution is 2.27. The Kier molecular flexibility index (Phi) is 4.00. The highest BCUT2D eigenvalue weighted by atomic mass is 32.1. The van der Waals surface area contributed by atoms with Gasteiger partial charge in [0.25, 0.3) is 5.91 Å². The zero-order valence-corrected chi connectivity index (χ0v) is 14.5. The van der Waals surface area contributed by atoms with Gasteiger partial charge in [-0.15, -0.1) is 0 Å². The van der Waals surface area contributed by atoms with Gasteiger partial charge in [0.05, 0.1) is 5.69 Å². The highest BCUT2D eigenvalue weighted by Gasteiger charge is 2.18. The molecule has 0 fully saturated rings. The van der Waals surface area contributed by atoms with Gasteiger partial charge in [0.1, 0.15) is 4.88 Å². The van der Waals surface area contributed by atoms with Gasteiger partial charge in [-0.2, -0.15) is 0 Å². The number of carbonyl (C=O) groups is 1. The quantitative estimate of drug-likeness (QED) is 0.558. The van der Waals surface area contributed by atoms with Gasteiger partial charge in [0, 0.05) is 29.2 Å². The normalized spacial score (nSPS) is 11.0. The molecule has 0 atom stereocenters. The van der Waals surface area contributed by atoms with E-state index in [1.807, 2.05) is 47.9 Å². The average Bonchev–Trinajstić information content (AvgIpc) is 3.19. The Morgan fingerprint density at radius 1 is 1.12 bits per heavy atom. The van der Waals surface area contributed by atoms with Crippen LogP contribution in [0, 0.1) is 18.6 Å². The van der Waals surface area contributed by atoms with Crippen molar-refractivity contribution in [2.45, 2.75) is 6.92 Å². The Balaban J connectivity index is 1.64. The fraction of sp³-hybridized carbons (Fsp3) is 0.0526. The van der Waals surface area contributed by atoms with Crippen LogP contribution in [0.2, 0.25) is 0 Å². The van der Waals surface area contributed by atoms with E-state index in [-0.39, 0.29) is 11.6 Å². The van der Waals surface area contributed by atoms with Crippen molar-refractivity contribution < 1.29 is 13.6 Å². The lowest BCUT2D eigenvalue weighted by molar-refractivity contribution is 0.102. The van der Waals surface area contributed by atoms with E-state index in [0.717, 1.165) is 29.1 Å². The summed E-state index contributed by atoms with van der Waals surface area (Å²) in [7, 11) is 0. The third-order valence-electron chi connectivity index (χ3n) is 4.01. The van der Waals surface area contributed by atoms with Crippen LogP contribution >= 0.6 is 11.3 Å². The summed E-state index contributed by atoms with van der Waals surface area (Å²) in [5.74, 6) is -2.35. The second-order valence-electron chi connectivity index (χ2n) is 5.74. The second-order valence-corrected chi connectivity index (χ2v) is 6.72. The molecule has 4 aromatic rings. The number of nitrogens with one attached hydrogen (secondary N) is 1. The fourth-order valence-electron chi connectivity index (χ4n) is 2.67. The maximum absolute atomic E-state index is 13.3. The van der Waals surface area contributed by atoms with Crippen molar-refractivity contribution in [3.63, 3.8) is 0 Å². The van der Waals surface area contributed by atoms with E-state index < -0.39 is 11.6 Å². The molecule has 1 amide bonds. The molecule has 0 aliphatic rings. The summed E-state index contributed by atoms with van der Waals surface area (Å²) in [5.41, 5.74) is 2.76. The van der Waals surface area contributed by atoms with Gasteiger partial charge in [0.15, 0.2) is 16.6 Å². The molecular weight excluding hydrogens is 356 g/mol. The first-order valence-electron chi connectivity index (χ1n) is 7.83. The predicted molar refractivity (Wildman–Crippen MR) is 97.6 cm³/mol. The van der Waals surface area contributed by atoms with Crippen molar-refractivity contribution in [2.24, 2.45) is 0 Å². The van der Waals surface area contributed by atoms with Crippen LogP contribution in [0.15, 0.2) is 54.7 Å². The van der Waals surface area contributed by atoms with Gasteiger partial charge < -0.3 is 5.32 Å². The molecule has 2 heterocycles. The summed E-state index contributed by atoms with van der Waals surface area (Å²) < 4.78 is 28.2. The zero-order valence-electron chi connectivity index (χ0n) is 13.7. The molecule has 0 spiro atoms. The van der Waals surface area contributed by atoms with Gasteiger partial charge in [-0.1, -0.05) is 41.7 Å². The fourth-order valence-corrected chi connectivity index (χ4v) is 3.67. The lowest BCUT2D eigenvalue weighted by Crippen LogP contribution is -2.12. The molecule has 0 saturated carbocycles. The number of hydrogen-bond donors (Lipinski definition) is 1. The second kappa shape index (κ2) is 6.34. The number of aryl methyl sites for hydroxylation is 1. The summed E-state index contributed by atoms with van der Waals surface area (Å²) in [4.78, 5) is 18.2.